The van der Waals surface area contributed by atoms with Crippen LogP contribution in [-0.4, -0.2) is 6.54 Å². The van der Waals surface area contributed by atoms with E-state index >= 15 is 0 Å². The summed E-state index contributed by atoms with van der Waals surface area (Å²) < 4.78 is 0. The summed E-state index contributed by atoms with van der Waals surface area (Å²) in [5, 5.41) is 20.3. The minimum absolute atomic E-state index is 0.247. The summed E-state index contributed by atoms with van der Waals surface area (Å²) in [4.78, 5) is 0. The molecule has 12 heavy (non-hydrogen) atoms. The molecule has 0 unspecified atom stereocenters. The van der Waals surface area contributed by atoms with Gasteiger partial charge in [0.05, 0.1) is 0 Å². The highest BCUT2D eigenvalue weighted by atomic mass is 14.9. The second kappa shape index (κ2) is 4.41. The highest BCUT2D eigenvalue weighted by Crippen LogP contribution is 2.13. The van der Waals surface area contributed by atoms with E-state index in [9.17, 15) is 0 Å². The zero-order valence-corrected chi connectivity index (χ0v) is 6.93. The molecule has 1 aliphatic heterocycles. The van der Waals surface area contributed by atoms with Crippen LogP contribution in [0.5, 0.6) is 0 Å². The van der Waals surface area contributed by atoms with Gasteiger partial charge in [-0.2, -0.15) is 10.5 Å². The van der Waals surface area contributed by atoms with Gasteiger partial charge in [0.2, 0.25) is 0 Å². The van der Waals surface area contributed by atoms with Crippen molar-refractivity contribution in [3.05, 3.63) is 11.3 Å². The third kappa shape index (κ3) is 2.00. The maximum Gasteiger partial charge on any atom is 0.148 e. The minimum atomic E-state index is 0.247. The maximum atomic E-state index is 8.60. The van der Waals surface area contributed by atoms with Gasteiger partial charge in [0.15, 0.2) is 0 Å². The molecular formula is C9H11N3. The Morgan fingerprint density at radius 3 is 2.58 bits per heavy atom. The second-order valence-corrected chi connectivity index (χ2v) is 2.81. The molecule has 0 amide bonds. The fraction of sp³-hybridized carbons (Fsp3) is 0.556. The Morgan fingerprint density at radius 1 is 1.17 bits per heavy atom. The van der Waals surface area contributed by atoms with Gasteiger partial charge in [-0.15, -0.1) is 0 Å². The van der Waals surface area contributed by atoms with E-state index in [0.717, 1.165) is 31.5 Å². The summed E-state index contributed by atoms with van der Waals surface area (Å²) in [7, 11) is 0. The third-order valence-corrected chi connectivity index (χ3v) is 1.97. The molecule has 0 aromatic carbocycles. The van der Waals surface area contributed by atoms with Crippen LogP contribution in [-0.2, 0) is 0 Å². The number of nitrogens with one attached hydrogen (secondary N) is 1. The van der Waals surface area contributed by atoms with Crippen LogP contribution >= 0.6 is 0 Å². The van der Waals surface area contributed by atoms with Gasteiger partial charge in [-0.3, -0.25) is 0 Å². The maximum absolute atomic E-state index is 8.60. The molecule has 3 heteroatoms. The number of allylic oxidation sites excluding steroid dienone is 2. The topological polar surface area (TPSA) is 59.6 Å². The lowest BCUT2D eigenvalue weighted by Crippen LogP contribution is -2.13. The van der Waals surface area contributed by atoms with E-state index in [1.54, 1.807) is 0 Å². The van der Waals surface area contributed by atoms with Crippen molar-refractivity contribution in [2.24, 2.45) is 0 Å². The fourth-order valence-electron chi connectivity index (χ4n) is 1.30. The van der Waals surface area contributed by atoms with Crippen LogP contribution in [0.4, 0.5) is 0 Å². The molecule has 1 fully saturated rings. The Hall–Kier alpha value is -1.48. The molecule has 0 radical (unpaired) electrons. The Morgan fingerprint density at radius 2 is 1.92 bits per heavy atom. The van der Waals surface area contributed by atoms with E-state index in [1.165, 1.54) is 6.42 Å². The molecule has 0 spiro atoms. The summed E-state index contributed by atoms with van der Waals surface area (Å²) in [5.41, 5.74) is 1.08. The van der Waals surface area contributed by atoms with Crippen molar-refractivity contribution in [2.75, 3.05) is 6.54 Å². The van der Waals surface area contributed by atoms with E-state index in [4.69, 9.17) is 10.5 Å². The Bertz CT molecular complexity index is 238. The van der Waals surface area contributed by atoms with E-state index in [0.29, 0.717) is 0 Å². The van der Waals surface area contributed by atoms with Crippen molar-refractivity contribution in [3.8, 4) is 12.1 Å². The van der Waals surface area contributed by atoms with Crippen molar-refractivity contribution in [2.45, 2.75) is 25.7 Å². The lowest BCUT2D eigenvalue weighted by atomic mass is 10.1. The van der Waals surface area contributed by atoms with Crippen LogP contribution in [0.1, 0.15) is 25.7 Å². The number of hydrogen-bond donors (Lipinski definition) is 1. The molecule has 0 aromatic rings. The molecule has 0 bridgehead atoms. The molecule has 3 nitrogen and oxygen atoms in total. The lowest BCUT2D eigenvalue weighted by Gasteiger charge is -2.04. The van der Waals surface area contributed by atoms with Gasteiger partial charge in [0.25, 0.3) is 0 Å². The van der Waals surface area contributed by atoms with Gasteiger partial charge in [-0.1, -0.05) is 6.42 Å². The van der Waals surface area contributed by atoms with Gasteiger partial charge in [-0.25, -0.2) is 0 Å². The van der Waals surface area contributed by atoms with Crippen molar-refractivity contribution >= 4 is 0 Å². The van der Waals surface area contributed by atoms with Crippen LogP contribution in [0.15, 0.2) is 11.3 Å². The third-order valence-electron chi connectivity index (χ3n) is 1.97. The van der Waals surface area contributed by atoms with Crippen LogP contribution in [0.25, 0.3) is 0 Å². The first kappa shape index (κ1) is 8.62. The van der Waals surface area contributed by atoms with Crippen LogP contribution < -0.4 is 5.32 Å². The molecule has 62 valence electrons. The van der Waals surface area contributed by atoms with Crippen molar-refractivity contribution in [1.82, 2.24) is 5.32 Å². The van der Waals surface area contributed by atoms with Crippen molar-refractivity contribution in [1.29, 1.82) is 10.5 Å². The van der Waals surface area contributed by atoms with Gasteiger partial charge < -0.3 is 5.32 Å². The SMILES string of the molecule is N#CC(C#N)=C1CCCCCN1. The van der Waals surface area contributed by atoms with Crippen LogP contribution in [0, 0.1) is 22.7 Å². The van der Waals surface area contributed by atoms with Crippen molar-refractivity contribution in [3.63, 3.8) is 0 Å². The molecule has 1 saturated heterocycles. The monoisotopic (exact) mass is 161 g/mol. The first-order valence-corrected chi connectivity index (χ1v) is 4.15. The zero-order chi connectivity index (χ0) is 8.81. The molecule has 0 aliphatic carbocycles. The van der Waals surface area contributed by atoms with Gasteiger partial charge in [0, 0.05) is 12.2 Å². The standard InChI is InChI=1S/C9H11N3/c10-6-8(7-11)9-4-2-1-3-5-12-9/h12H,1-5H2. The Kier molecular flexibility index (Phi) is 3.17. The van der Waals surface area contributed by atoms with Crippen molar-refractivity contribution < 1.29 is 0 Å². The summed E-state index contributed by atoms with van der Waals surface area (Å²) in [6, 6.07) is 3.81. The summed E-state index contributed by atoms with van der Waals surface area (Å²) in [6.45, 7) is 0.891. The molecule has 1 heterocycles. The first-order valence-electron chi connectivity index (χ1n) is 4.15. The summed E-state index contributed by atoms with van der Waals surface area (Å²) in [5.74, 6) is 0. The lowest BCUT2D eigenvalue weighted by molar-refractivity contribution is 0.721. The normalized spacial score (nSPS) is 16.7. The van der Waals surface area contributed by atoms with E-state index < -0.39 is 0 Å². The predicted octanol–water partition coefficient (Wildman–Crippen LogP) is 1.45. The van der Waals surface area contributed by atoms with E-state index in [2.05, 4.69) is 5.32 Å². The second-order valence-electron chi connectivity index (χ2n) is 2.81. The highest BCUT2D eigenvalue weighted by molar-refractivity contribution is 5.39. The van der Waals surface area contributed by atoms with Gasteiger partial charge >= 0.3 is 0 Å². The number of rotatable bonds is 0. The summed E-state index contributed by atoms with van der Waals surface area (Å²) >= 11 is 0. The molecule has 0 saturated carbocycles. The summed E-state index contributed by atoms with van der Waals surface area (Å²) in [6.07, 6.45) is 4.24. The first-order chi connectivity index (χ1) is 5.88. The zero-order valence-electron chi connectivity index (χ0n) is 6.93. The van der Waals surface area contributed by atoms with Crippen LogP contribution in [0.3, 0.4) is 0 Å². The minimum Gasteiger partial charge on any atom is -0.387 e. The molecule has 0 aromatic heterocycles. The quantitative estimate of drug-likeness (QED) is 0.547. The molecule has 0 atom stereocenters. The molecule has 1 N–H and O–H groups in total. The number of nitriles is 2. The molecule has 1 aliphatic rings. The van der Waals surface area contributed by atoms with Gasteiger partial charge in [-0.05, 0) is 19.3 Å². The average Bonchev–Trinajstić information content (AvgIpc) is 2.35. The smallest absolute Gasteiger partial charge is 0.148 e. The Balaban J connectivity index is 2.78. The van der Waals surface area contributed by atoms with E-state index in [-0.39, 0.29) is 5.57 Å². The number of nitrogens with zero attached hydrogens (tertiary/aromatic N) is 2. The average molecular weight is 161 g/mol. The van der Waals surface area contributed by atoms with Crippen LogP contribution in [0.2, 0.25) is 0 Å². The Labute approximate surface area is 72.3 Å². The largest absolute Gasteiger partial charge is 0.387 e. The molecular weight excluding hydrogens is 150 g/mol. The number of hydrogen-bond acceptors (Lipinski definition) is 3. The molecule has 1 rings (SSSR count). The highest BCUT2D eigenvalue weighted by Gasteiger charge is 2.08. The predicted molar refractivity (Wildman–Crippen MR) is 44.7 cm³/mol. The van der Waals surface area contributed by atoms with Gasteiger partial charge in [0.1, 0.15) is 17.7 Å². The fourth-order valence-corrected chi connectivity index (χ4v) is 1.30. The van der Waals surface area contributed by atoms with E-state index in [1.807, 2.05) is 12.1 Å².